The number of hydrogen-bond donors (Lipinski definition) is 2. The molecule has 4 rings (SSSR count). The number of carbonyl (C=O) groups excluding carboxylic acids is 2. The largest absolute Gasteiger partial charge is 0.476 e. The van der Waals surface area contributed by atoms with Gasteiger partial charge in [-0.2, -0.15) is 13.2 Å². The smallest absolute Gasteiger partial charge is 0.418 e. The summed E-state index contributed by atoms with van der Waals surface area (Å²) in [4.78, 5) is 28.6. The Bertz CT molecular complexity index is 1280. The number of nitrogens with zero attached hydrogens (tertiary/aromatic N) is 1. The van der Waals surface area contributed by atoms with Crippen LogP contribution in [0.2, 0.25) is 5.02 Å². The summed E-state index contributed by atoms with van der Waals surface area (Å²) in [5, 5.41) is 4.62. The lowest BCUT2D eigenvalue weighted by Crippen LogP contribution is -2.44. The fourth-order valence-corrected chi connectivity index (χ4v) is 4.14. The van der Waals surface area contributed by atoms with Crippen molar-refractivity contribution < 1.29 is 32.2 Å². The second-order valence-corrected chi connectivity index (χ2v) is 9.08. The topological polar surface area (TPSA) is 89.5 Å². The van der Waals surface area contributed by atoms with E-state index in [4.69, 9.17) is 21.1 Å². The van der Waals surface area contributed by atoms with E-state index < -0.39 is 28.9 Å². The number of hydrogen-bond acceptors (Lipinski definition) is 5. The number of anilines is 2. The van der Waals surface area contributed by atoms with E-state index in [2.05, 4.69) is 15.6 Å². The number of ether oxygens (including phenoxy) is 2. The van der Waals surface area contributed by atoms with Gasteiger partial charge in [0.15, 0.2) is 0 Å². The van der Waals surface area contributed by atoms with Crippen LogP contribution < -0.4 is 15.4 Å². The van der Waals surface area contributed by atoms with E-state index in [0.29, 0.717) is 11.6 Å². The molecule has 37 heavy (non-hydrogen) atoms. The summed E-state index contributed by atoms with van der Waals surface area (Å²) in [6, 6.07) is 12.5. The molecule has 1 heterocycles. The van der Waals surface area contributed by atoms with Crippen molar-refractivity contribution in [1.29, 1.82) is 0 Å². The summed E-state index contributed by atoms with van der Waals surface area (Å²) in [6.07, 6.45) is -0.662. The average molecular weight is 534 g/mol. The first-order valence-corrected chi connectivity index (χ1v) is 11.7. The van der Waals surface area contributed by atoms with Crippen LogP contribution in [0.25, 0.3) is 11.1 Å². The maximum Gasteiger partial charge on any atom is 0.418 e. The van der Waals surface area contributed by atoms with E-state index in [1.165, 1.54) is 13.2 Å². The molecule has 7 nitrogen and oxygen atoms in total. The number of alkyl halides is 3. The molecule has 2 N–H and O–H groups in total. The number of carbonyl (C=O) groups is 2. The van der Waals surface area contributed by atoms with Crippen molar-refractivity contribution in [3.05, 3.63) is 71.4 Å². The molecular formula is C26H23ClF3N3O4. The van der Waals surface area contributed by atoms with Crippen molar-refractivity contribution >= 4 is 35.0 Å². The van der Waals surface area contributed by atoms with Crippen molar-refractivity contribution in [1.82, 2.24) is 4.98 Å². The third-order valence-electron chi connectivity index (χ3n) is 6.17. The summed E-state index contributed by atoms with van der Waals surface area (Å²) < 4.78 is 50.3. The van der Waals surface area contributed by atoms with Crippen LogP contribution in [0.3, 0.4) is 0 Å². The normalized spacial score (nSPS) is 14.3. The number of amides is 2. The maximum absolute atomic E-state index is 13.2. The van der Waals surface area contributed by atoms with Gasteiger partial charge in [-0.1, -0.05) is 30.2 Å². The minimum Gasteiger partial charge on any atom is -0.476 e. The summed E-state index contributed by atoms with van der Waals surface area (Å²) in [7, 11) is 1.37. The summed E-state index contributed by atoms with van der Waals surface area (Å²) >= 11 is 5.67. The Morgan fingerprint density at radius 1 is 1.03 bits per heavy atom. The highest BCUT2D eigenvalue weighted by molar-refractivity contribution is 6.30. The molecule has 0 aliphatic heterocycles. The first-order valence-electron chi connectivity index (χ1n) is 11.3. The molecule has 0 spiro atoms. The fourth-order valence-electron chi connectivity index (χ4n) is 3.97. The molecule has 1 fully saturated rings. The van der Waals surface area contributed by atoms with Crippen LogP contribution in [0.1, 0.15) is 24.8 Å². The number of esters is 1. The van der Waals surface area contributed by atoms with E-state index in [9.17, 15) is 22.8 Å². The van der Waals surface area contributed by atoms with E-state index in [1.54, 1.807) is 36.5 Å². The number of rotatable bonds is 7. The minimum atomic E-state index is -4.68. The van der Waals surface area contributed by atoms with Crippen LogP contribution >= 0.6 is 11.6 Å². The van der Waals surface area contributed by atoms with Crippen LogP contribution in [0.4, 0.5) is 29.3 Å². The standard InChI is InChI=1S/C26H23ClF3N3O4/c1-36-23(34)25(11-2-12-25)15-37-22-10-5-17(14-31-22)16-3-7-19(8-4-16)32-24(35)33-21-9-6-18(27)13-20(21)26(28,29)30/h3-10,13-14H,2,11-12,15H2,1H3,(H2,32,33,35). The van der Waals surface area contributed by atoms with Crippen LogP contribution in [0.15, 0.2) is 60.8 Å². The van der Waals surface area contributed by atoms with Gasteiger partial charge in [-0.05, 0) is 54.8 Å². The fraction of sp³-hybridized carbons (Fsp3) is 0.269. The highest BCUT2D eigenvalue weighted by Gasteiger charge is 2.46. The van der Waals surface area contributed by atoms with E-state index in [0.717, 1.165) is 42.5 Å². The molecule has 2 amide bonds. The number of pyridine rings is 1. The van der Waals surface area contributed by atoms with Crippen molar-refractivity contribution in [2.75, 3.05) is 24.4 Å². The number of benzene rings is 2. The van der Waals surface area contributed by atoms with Crippen molar-refractivity contribution in [2.24, 2.45) is 5.41 Å². The Labute approximate surface area is 215 Å². The second-order valence-electron chi connectivity index (χ2n) is 8.64. The van der Waals surface area contributed by atoms with Crippen LogP contribution in [0, 0.1) is 5.41 Å². The Morgan fingerprint density at radius 3 is 2.30 bits per heavy atom. The molecule has 2 aromatic carbocycles. The zero-order valence-electron chi connectivity index (χ0n) is 19.7. The van der Waals surface area contributed by atoms with Crippen molar-refractivity contribution in [3.63, 3.8) is 0 Å². The summed E-state index contributed by atoms with van der Waals surface area (Å²) in [6.45, 7) is 0.203. The second kappa shape index (κ2) is 10.7. The predicted octanol–water partition coefficient (Wildman–Crippen LogP) is 6.79. The van der Waals surface area contributed by atoms with Crippen molar-refractivity contribution in [2.45, 2.75) is 25.4 Å². The molecule has 0 unspecified atom stereocenters. The average Bonchev–Trinajstić information content (AvgIpc) is 2.84. The van der Waals surface area contributed by atoms with Gasteiger partial charge >= 0.3 is 18.2 Å². The molecule has 1 aliphatic carbocycles. The molecule has 1 aromatic heterocycles. The Kier molecular flexibility index (Phi) is 7.58. The van der Waals surface area contributed by atoms with Gasteiger partial charge in [0.1, 0.15) is 12.0 Å². The lowest BCUT2D eigenvalue weighted by molar-refractivity contribution is -0.161. The number of methoxy groups -OCH3 is 1. The Hall–Kier alpha value is -3.79. The van der Waals surface area contributed by atoms with Gasteiger partial charge < -0.3 is 20.1 Å². The quantitative estimate of drug-likeness (QED) is 0.326. The lowest BCUT2D eigenvalue weighted by Gasteiger charge is -2.38. The molecule has 1 aliphatic rings. The van der Waals surface area contributed by atoms with Crippen molar-refractivity contribution in [3.8, 4) is 17.0 Å². The molecule has 11 heteroatoms. The highest BCUT2D eigenvalue weighted by Crippen LogP contribution is 2.42. The SMILES string of the molecule is COC(=O)C1(COc2ccc(-c3ccc(NC(=O)Nc4ccc(Cl)cc4C(F)(F)F)cc3)cn2)CCC1. The van der Waals surface area contributed by atoms with Gasteiger partial charge in [-0.25, -0.2) is 9.78 Å². The lowest BCUT2D eigenvalue weighted by atomic mass is 9.69. The van der Waals surface area contributed by atoms with Crippen LogP contribution in [0.5, 0.6) is 5.88 Å². The van der Waals surface area contributed by atoms with E-state index in [-0.39, 0.29) is 17.6 Å². The molecule has 0 atom stereocenters. The zero-order valence-corrected chi connectivity index (χ0v) is 20.4. The molecule has 3 aromatic rings. The maximum atomic E-state index is 13.2. The predicted molar refractivity (Wildman–Crippen MR) is 133 cm³/mol. The van der Waals surface area contributed by atoms with Gasteiger partial charge in [-0.15, -0.1) is 0 Å². The molecule has 1 saturated carbocycles. The third-order valence-corrected chi connectivity index (χ3v) is 6.41. The first-order chi connectivity index (χ1) is 17.6. The van der Waals surface area contributed by atoms with Crippen LogP contribution in [-0.2, 0) is 15.7 Å². The summed E-state index contributed by atoms with van der Waals surface area (Å²) in [5.41, 5.74) is -0.0950. The third kappa shape index (κ3) is 6.14. The number of urea groups is 1. The number of aromatic nitrogens is 1. The molecule has 0 radical (unpaired) electrons. The van der Waals surface area contributed by atoms with E-state index >= 15 is 0 Å². The van der Waals surface area contributed by atoms with Gasteiger partial charge in [0.2, 0.25) is 5.88 Å². The first kappa shape index (κ1) is 26.3. The minimum absolute atomic E-state index is 0.0913. The monoisotopic (exact) mass is 533 g/mol. The molecule has 194 valence electrons. The van der Waals surface area contributed by atoms with E-state index in [1.807, 2.05) is 6.07 Å². The summed E-state index contributed by atoms with van der Waals surface area (Å²) in [5.74, 6) is 0.112. The van der Waals surface area contributed by atoms with Gasteiger partial charge in [0, 0.05) is 28.5 Å². The molecule has 0 bridgehead atoms. The Morgan fingerprint density at radius 2 is 1.73 bits per heavy atom. The number of halogens is 4. The zero-order chi connectivity index (χ0) is 26.6. The Balaban J connectivity index is 1.36. The van der Waals surface area contributed by atoms with Crippen LogP contribution in [-0.4, -0.2) is 30.7 Å². The molecular weight excluding hydrogens is 511 g/mol. The van der Waals surface area contributed by atoms with Gasteiger partial charge in [0.05, 0.1) is 18.4 Å². The van der Waals surface area contributed by atoms with Gasteiger partial charge in [0.25, 0.3) is 0 Å². The number of nitrogens with one attached hydrogen (secondary N) is 2. The molecule has 0 saturated heterocycles. The van der Waals surface area contributed by atoms with Gasteiger partial charge in [-0.3, -0.25) is 4.79 Å². The highest BCUT2D eigenvalue weighted by atomic mass is 35.5.